The van der Waals surface area contributed by atoms with Crippen LogP contribution in [0.4, 0.5) is 0 Å². The fourth-order valence-electron chi connectivity index (χ4n) is 0.951. The van der Waals surface area contributed by atoms with Crippen LogP contribution < -0.4 is 0 Å². The van der Waals surface area contributed by atoms with E-state index in [9.17, 15) is 0 Å². The quantitative estimate of drug-likeness (QED) is 0.587. The van der Waals surface area contributed by atoms with Crippen molar-refractivity contribution in [3.63, 3.8) is 0 Å². The van der Waals surface area contributed by atoms with Crippen molar-refractivity contribution in [1.82, 2.24) is 0 Å². The van der Waals surface area contributed by atoms with E-state index < -0.39 is 0 Å². The van der Waals surface area contributed by atoms with E-state index in [2.05, 4.69) is 19.7 Å². The monoisotopic (exact) mass is 156 g/mol. The molecule has 0 heterocycles. The summed E-state index contributed by atoms with van der Waals surface area (Å²) in [5, 5.41) is 0. The summed E-state index contributed by atoms with van der Waals surface area (Å²) >= 11 is 0. The summed E-state index contributed by atoms with van der Waals surface area (Å²) in [5.41, 5.74) is 3.18. The Labute approximate surface area is 73.6 Å². The van der Waals surface area contributed by atoms with Gasteiger partial charge in [-0.15, -0.1) is 0 Å². The number of allylic oxidation sites excluding steroid dienone is 2. The highest BCUT2D eigenvalue weighted by atomic mass is 14.0. The molecule has 0 amide bonds. The van der Waals surface area contributed by atoms with Crippen LogP contribution in [0.2, 0.25) is 0 Å². The topological polar surface area (TPSA) is 0 Å². The molecule has 12 heavy (non-hydrogen) atoms. The molecule has 0 fully saturated rings. The summed E-state index contributed by atoms with van der Waals surface area (Å²) in [6.07, 6.45) is 3.57. The van der Waals surface area contributed by atoms with Crippen molar-refractivity contribution in [3.8, 4) is 0 Å². The number of benzene rings is 1. The molecule has 0 saturated carbocycles. The summed E-state index contributed by atoms with van der Waals surface area (Å²) in [4.78, 5) is 0. The third-order valence-electron chi connectivity index (χ3n) is 1.76. The molecule has 1 aromatic carbocycles. The van der Waals surface area contributed by atoms with Crippen molar-refractivity contribution in [2.45, 2.75) is 0 Å². The Bertz CT molecular complexity index is 301. The number of rotatable bonds is 3. The molecule has 0 N–H and O–H groups in total. The van der Waals surface area contributed by atoms with Crippen molar-refractivity contribution in [2.24, 2.45) is 0 Å². The molecule has 0 aliphatic rings. The molecular weight excluding hydrogens is 144 g/mol. The summed E-state index contributed by atoms with van der Waals surface area (Å²) < 4.78 is 0. The normalized spacial score (nSPS) is 9.00. The molecule has 60 valence electrons. The van der Waals surface area contributed by atoms with Gasteiger partial charge >= 0.3 is 0 Å². The predicted molar refractivity (Wildman–Crippen MR) is 55.8 cm³/mol. The molecule has 0 saturated heterocycles. The van der Waals surface area contributed by atoms with Crippen molar-refractivity contribution < 1.29 is 0 Å². The van der Waals surface area contributed by atoms with Crippen LogP contribution >= 0.6 is 0 Å². The van der Waals surface area contributed by atoms with Crippen LogP contribution in [0.15, 0.2) is 50.1 Å². The first-order valence-corrected chi connectivity index (χ1v) is 3.82. The first kappa shape index (κ1) is 8.54. The molecule has 0 bridgehead atoms. The molecule has 0 nitrogen and oxygen atoms in total. The fourth-order valence-corrected chi connectivity index (χ4v) is 0.951. The highest BCUT2D eigenvalue weighted by Gasteiger charge is 1.92. The van der Waals surface area contributed by atoms with Crippen molar-refractivity contribution in [1.29, 1.82) is 0 Å². The Hall–Kier alpha value is -1.56. The summed E-state index contributed by atoms with van der Waals surface area (Å²) in [6.45, 7) is 11.2. The lowest BCUT2D eigenvalue weighted by molar-refractivity contribution is 1.60. The van der Waals surface area contributed by atoms with Crippen LogP contribution in [-0.2, 0) is 0 Å². The zero-order valence-electron chi connectivity index (χ0n) is 7.09. The molecule has 0 radical (unpaired) electrons. The second kappa shape index (κ2) is 3.72. The maximum absolute atomic E-state index is 3.86. The maximum Gasteiger partial charge on any atom is -0.0190 e. The van der Waals surface area contributed by atoms with E-state index in [4.69, 9.17) is 0 Å². The standard InChI is InChI=1S/C12H12/c1-4-10(3)12-8-6-11(5-2)7-9-12/h4-9H,1-3H2. The maximum atomic E-state index is 3.86. The summed E-state index contributed by atoms with van der Waals surface area (Å²) in [5.74, 6) is 0. The van der Waals surface area contributed by atoms with Gasteiger partial charge in [0.1, 0.15) is 0 Å². The minimum atomic E-state index is 0.950. The highest BCUT2D eigenvalue weighted by molar-refractivity contribution is 5.72. The third kappa shape index (κ3) is 1.73. The van der Waals surface area contributed by atoms with Gasteiger partial charge in [-0.05, 0) is 16.7 Å². The smallest absolute Gasteiger partial charge is 0.0190 e. The summed E-state index contributed by atoms with van der Waals surface area (Å²) in [6, 6.07) is 8.05. The second-order valence-corrected chi connectivity index (χ2v) is 2.56. The molecular formula is C12H12. The summed E-state index contributed by atoms with van der Waals surface area (Å²) in [7, 11) is 0. The zero-order chi connectivity index (χ0) is 8.97. The Morgan fingerprint density at radius 2 is 1.67 bits per heavy atom. The van der Waals surface area contributed by atoms with Crippen LogP contribution in [0.1, 0.15) is 11.1 Å². The molecule has 0 heteroatoms. The van der Waals surface area contributed by atoms with Gasteiger partial charge in [-0.3, -0.25) is 0 Å². The Kier molecular flexibility index (Phi) is 2.65. The third-order valence-corrected chi connectivity index (χ3v) is 1.76. The lowest BCUT2D eigenvalue weighted by Gasteiger charge is -1.99. The SMILES string of the molecule is C=CC(=C)c1ccc(C=C)cc1. The van der Waals surface area contributed by atoms with Gasteiger partial charge in [0.05, 0.1) is 0 Å². The molecule has 0 unspecified atom stereocenters. The molecule has 0 aliphatic carbocycles. The van der Waals surface area contributed by atoms with E-state index in [-0.39, 0.29) is 0 Å². The van der Waals surface area contributed by atoms with Crippen molar-refractivity contribution >= 4 is 11.6 Å². The minimum Gasteiger partial charge on any atom is -0.0985 e. The van der Waals surface area contributed by atoms with Gasteiger partial charge in [-0.25, -0.2) is 0 Å². The molecule has 1 aromatic rings. The average molecular weight is 156 g/mol. The first-order valence-electron chi connectivity index (χ1n) is 3.82. The van der Waals surface area contributed by atoms with E-state index in [1.807, 2.05) is 30.3 Å². The van der Waals surface area contributed by atoms with E-state index in [1.165, 1.54) is 0 Å². The average Bonchev–Trinajstić information content (AvgIpc) is 2.17. The van der Waals surface area contributed by atoms with Crippen molar-refractivity contribution in [3.05, 3.63) is 61.2 Å². The Morgan fingerprint density at radius 3 is 2.08 bits per heavy atom. The van der Waals surface area contributed by atoms with Gasteiger partial charge in [-0.2, -0.15) is 0 Å². The largest absolute Gasteiger partial charge is 0.0985 e. The minimum absolute atomic E-state index is 0.950. The number of hydrogen-bond acceptors (Lipinski definition) is 0. The second-order valence-electron chi connectivity index (χ2n) is 2.56. The van der Waals surface area contributed by atoms with Crippen LogP contribution in [-0.4, -0.2) is 0 Å². The van der Waals surface area contributed by atoms with Gasteiger partial charge in [0, 0.05) is 0 Å². The van der Waals surface area contributed by atoms with Gasteiger partial charge in [0.15, 0.2) is 0 Å². The predicted octanol–water partition coefficient (Wildman–Crippen LogP) is 3.53. The van der Waals surface area contributed by atoms with Crippen molar-refractivity contribution in [2.75, 3.05) is 0 Å². The molecule has 0 spiro atoms. The van der Waals surface area contributed by atoms with Gasteiger partial charge in [0.25, 0.3) is 0 Å². The van der Waals surface area contributed by atoms with E-state index >= 15 is 0 Å². The molecule has 0 atom stereocenters. The first-order chi connectivity index (χ1) is 5.77. The Morgan fingerprint density at radius 1 is 1.08 bits per heavy atom. The Balaban J connectivity index is 2.99. The molecule has 0 aliphatic heterocycles. The fraction of sp³-hybridized carbons (Fsp3) is 0. The van der Waals surface area contributed by atoms with E-state index in [1.54, 1.807) is 6.08 Å². The van der Waals surface area contributed by atoms with Crippen LogP contribution in [0.3, 0.4) is 0 Å². The van der Waals surface area contributed by atoms with E-state index in [0.717, 1.165) is 16.7 Å². The lowest BCUT2D eigenvalue weighted by atomic mass is 10.1. The van der Waals surface area contributed by atoms with Gasteiger partial charge in [-0.1, -0.05) is 56.2 Å². The van der Waals surface area contributed by atoms with Crippen LogP contribution in [0.25, 0.3) is 11.6 Å². The highest BCUT2D eigenvalue weighted by Crippen LogP contribution is 2.14. The van der Waals surface area contributed by atoms with Crippen LogP contribution in [0.5, 0.6) is 0 Å². The lowest BCUT2D eigenvalue weighted by Crippen LogP contribution is -1.78. The van der Waals surface area contributed by atoms with Gasteiger partial charge < -0.3 is 0 Å². The van der Waals surface area contributed by atoms with Gasteiger partial charge in [0.2, 0.25) is 0 Å². The number of hydrogen-bond donors (Lipinski definition) is 0. The van der Waals surface area contributed by atoms with Crippen LogP contribution in [0, 0.1) is 0 Å². The van der Waals surface area contributed by atoms with E-state index in [0.29, 0.717) is 0 Å². The molecule has 0 aromatic heterocycles. The molecule has 1 rings (SSSR count). The zero-order valence-corrected chi connectivity index (χ0v) is 7.09.